The number of aromatic nitrogens is 2. The number of imidazole rings is 1. The molecule has 1 aromatic rings. The fourth-order valence-corrected chi connectivity index (χ4v) is 3.98. The summed E-state index contributed by atoms with van der Waals surface area (Å²) in [6.07, 6.45) is 9.02. The first-order chi connectivity index (χ1) is 14.0. The van der Waals surface area contributed by atoms with E-state index < -0.39 is 0 Å². The summed E-state index contributed by atoms with van der Waals surface area (Å²) in [6.45, 7) is 4.92. The van der Waals surface area contributed by atoms with Crippen LogP contribution in [-0.2, 0) is 5.75 Å². The topological polar surface area (TPSA) is 112 Å². The number of nitrogens with one attached hydrogen (secondary N) is 1. The van der Waals surface area contributed by atoms with E-state index in [1.807, 2.05) is 23.7 Å². The van der Waals surface area contributed by atoms with Crippen LogP contribution in [0.5, 0.6) is 0 Å². The Morgan fingerprint density at radius 3 is 2.21 bits per heavy atom. The Balaban J connectivity index is 2.13. The fraction of sp³-hybridized carbons (Fsp3) is 0.750. The van der Waals surface area contributed by atoms with Crippen LogP contribution in [0.15, 0.2) is 16.3 Å². The summed E-state index contributed by atoms with van der Waals surface area (Å²) in [7, 11) is 5.48. The second kappa shape index (κ2) is 15.0. The van der Waals surface area contributed by atoms with E-state index >= 15 is 0 Å². The smallest absolute Gasteiger partial charge is 0.190 e. The molecule has 0 atom stereocenters. The Labute approximate surface area is 180 Å². The second-order valence-electron chi connectivity index (χ2n) is 7.22. The van der Waals surface area contributed by atoms with Crippen LogP contribution in [0.25, 0.3) is 0 Å². The molecule has 0 aromatic carbocycles. The Hall–Kier alpha value is -1.90. The average Bonchev–Trinajstić information content (AvgIpc) is 3.14. The molecular weight excluding hydrogens is 384 g/mol. The fourth-order valence-electron chi connectivity index (χ4n) is 3.00. The molecule has 29 heavy (non-hydrogen) atoms. The van der Waals surface area contributed by atoms with Crippen LogP contribution in [0.2, 0.25) is 0 Å². The predicted octanol–water partition coefficient (Wildman–Crippen LogP) is 2.41. The van der Waals surface area contributed by atoms with Gasteiger partial charge in [-0.2, -0.15) is 11.8 Å². The van der Waals surface area contributed by atoms with Gasteiger partial charge in [0.15, 0.2) is 11.9 Å². The van der Waals surface area contributed by atoms with Crippen LogP contribution in [0.4, 0.5) is 0 Å². The normalized spacial score (nSPS) is 12.4. The van der Waals surface area contributed by atoms with Crippen LogP contribution in [0.3, 0.4) is 0 Å². The molecule has 0 spiro atoms. The zero-order chi connectivity index (χ0) is 21.5. The van der Waals surface area contributed by atoms with Crippen LogP contribution >= 0.6 is 11.8 Å². The van der Waals surface area contributed by atoms with Gasteiger partial charge in [-0.1, -0.05) is 25.7 Å². The van der Waals surface area contributed by atoms with E-state index in [-0.39, 0.29) is 0 Å². The molecular formula is C20H40N8S. The monoisotopic (exact) mass is 424 g/mol. The molecule has 0 saturated heterocycles. The third kappa shape index (κ3) is 10.4. The van der Waals surface area contributed by atoms with Crippen LogP contribution in [0.1, 0.15) is 49.9 Å². The van der Waals surface area contributed by atoms with Crippen molar-refractivity contribution in [2.24, 2.45) is 21.5 Å². The van der Waals surface area contributed by atoms with Crippen molar-refractivity contribution < 1.29 is 0 Å². The number of aryl methyl sites for hydroxylation is 1. The minimum atomic E-state index is 0.609. The highest BCUT2D eigenvalue weighted by Gasteiger charge is 2.08. The number of guanidine groups is 2. The largest absolute Gasteiger partial charge is 0.370 e. The summed E-state index contributed by atoms with van der Waals surface area (Å²) in [5.41, 5.74) is 14.2. The lowest BCUT2D eigenvalue weighted by Crippen LogP contribution is -2.39. The van der Waals surface area contributed by atoms with E-state index in [1.54, 1.807) is 20.4 Å². The first-order valence-electron chi connectivity index (χ1n) is 10.5. The van der Waals surface area contributed by atoms with Crippen molar-refractivity contribution in [2.75, 3.05) is 46.5 Å². The molecule has 0 amide bonds. The lowest BCUT2D eigenvalue weighted by Gasteiger charge is -2.23. The van der Waals surface area contributed by atoms with Gasteiger partial charge in [-0.05, 0) is 19.8 Å². The molecule has 0 aliphatic rings. The highest BCUT2D eigenvalue weighted by molar-refractivity contribution is 7.98. The third-order valence-corrected chi connectivity index (χ3v) is 5.97. The van der Waals surface area contributed by atoms with E-state index in [0.29, 0.717) is 11.9 Å². The number of hydrogen-bond acceptors (Lipinski definition) is 4. The van der Waals surface area contributed by atoms with Gasteiger partial charge in [0, 0.05) is 58.0 Å². The Morgan fingerprint density at radius 1 is 1.00 bits per heavy atom. The molecule has 9 heteroatoms. The molecule has 1 rings (SSSR count). The van der Waals surface area contributed by atoms with Crippen molar-refractivity contribution in [3.8, 4) is 0 Å². The summed E-state index contributed by atoms with van der Waals surface area (Å²) < 4.78 is 0. The van der Waals surface area contributed by atoms with Crippen molar-refractivity contribution in [2.45, 2.75) is 51.2 Å². The average molecular weight is 425 g/mol. The molecule has 5 N–H and O–H groups in total. The van der Waals surface area contributed by atoms with Gasteiger partial charge in [0.25, 0.3) is 0 Å². The van der Waals surface area contributed by atoms with E-state index in [4.69, 9.17) is 11.5 Å². The summed E-state index contributed by atoms with van der Waals surface area (Å²) in [6, 6.07) is 0. The number of aromatic amines is 1. The Morgan fingerprint density at radius 2 is 1.62 bits per heavy atom. The van der Waals surface area contributed by atoms with Gasteiger partial charge in [0.05, 0.1) is 12.0 Å². The number of aliphatic imine (C=N–C) groups is 2. The van der Waals surface area contributed by atoms with Crippen LogP contribution < -0.4 is 11.5 Å². The lowest BCUT2D eigenvalue weighted by molar-refractivity contribution is 0.412. The quantitative estimate of drug-likeness (QED) is 0.240. The molecule has 166 valence electrons. The number of unbranched alkanes of at least 4 members (excludes halogenated alkanes) is 5. The number of thioether (sulfide) groups is 1. The number of nitrogens with zero attached hydrogens (tertiary/aromatic N) is 5. The molecule has 0 radical (unpaired) electrons. The molecule has 1 aromatic heterocycles. The molecule has 0 unspecified atom stereocenters. The molecule has 0 bridgehead atoms. The molecule has 1 heterocycles. The summed E-state index contributed by atoms with van der Waals surface area (Å²) in [5.74, 6) is 3.19. The molecule has 0 aliphatic heterocycles. The van der Waals surface area contributed by atoms with Crippen LogP contribution in [-0.4, -0.2) is 78.2 Å². The highest BCUT2D eigenvalue weighted by Crippen LogP contribution is 2.13. The molecule has 0 aliphatic carbocycles. The lowest BCUT2D eigenvalue weighted by atomic mass is 10.1. The summed E-state index contributed by atoms with van der Waals surface area (Å²) in [4.78, 5) is 19.9. The van der Waals surface area contributed by atoms with Gasteiger partial charge in [-0.15, -0.1) is 0 Å². The zero-order valence-corrected chi connectivity index (χ0v) is 19.5. The maximum absolute atomic E-state index is 6.09. The maximum atomic E-state index is 6.09. The van der Waals surface area contributed by atoms with E-state index in [1.165, 1.54) is 25.7 Å². The van der Waals surface area contributed by atoms with Gasteiger partial charge in [0.2, 0.25) is 0 Å². The van der Waals surface area contributed by atoms with Gasteiger partial charge < -0.3 is 26.3 Å². The van der Waals surface area contributed by atoms with Crippen molar-refractivity contribution in [1.82, 2.24) is 19.8 Å². The highest BCUT2D eigenvalue weighted by atomic mass is 32.2. The van der Waals surface area contributed by atoms with E-state index in [2.05, 4.69) is 31.8 Å². The standard InChI is InChI=1S/C20H40N8S/c1-17-18(26-16-25-17)15-29-14-13-28(20(22)24-3)12-10-8-6-5-7-9-11-27(4)19(21)23-2/h16H,5-15H2,1-4H3,(H2,21,23)(H2,22,24)(H,25,26). The molecule has 0 saturated carbocycles. The SMILES string of the molecule is CN=C(N)N(C)CCCCCCCCN(CCSCc1nc[nH]c1C)C(N)=NC. The van der Waals surface area contributed by atoms with E-state index in [9.17, 15) is 0 Å². The first kappa shape index (κ1) is 25.1. The van der Waals surface area contributed by atoms with Gasteiger partial charge in [0.1, 0.15) is 0 Å². The number of hydrogen-bond donors (Lipinski definition) is 3. The molecule has 0 fully saturated rings. The Kier molecular flexibility index (Phi) is 13.0. The van der Waals surface area contributed by atoms with Crippen molar-refractivity contribution >= 4 is 23.7 Å². The zero-order valence-electron chi connectivity index (χ0n) is 18.7. The summed E-state index contributed by atoms with van der Waals surface area (Å²) in [5, 5.41) is 0. The predicted molar refractivity (Wildman–Crippen MR) is 126 cm³/mol. The van der Waals surface area contributed by atoms with Gasteiger partial charge in [-0.3, -0.25) is 9.98 Å². The van der Waals surface area contributed by atoms with Gasteiger partial charge in [-0.25, -0.2) is 4.98 Å². The minimum Gasteiger partial charge on any atom is -0.370 e. The van der Waals surface area contributed by atoms with Crippen molar-refractivity contribution in [3.63, 3.8) is 0 Å². The first-order valence-corrected chi connectivity index (χ1v) is 11.6. The third-order valence-electron chi connectivity index (χ3n) is 5.02. The second-order valence-corrected chi connectivity index (χ2v) is 8.33. The van der Waals surface area contributed by atoms with E-state index in [0.717, 1.165) is 55.4 Å². The maximum Gasteiger partial charge on any atom is 0.190 e. The number of nitrogens with two attached hydrogens (primary N) is 2. The number of H-pyrrole nitrogens is 1. The Bertz CT molecular complexity index is 613. The number of rotatable bonds is 14. The van der Waals surface area contributed by atoms with Crippen molar-refractivity contribution in [1.29, 1.82) is 0 Å². The van der Waals surface area contributed by atoms with Gasteiger partial charge >= 0.3 is 0 Å². The van der Waals surface area contributed by atoms with Crippen molar-refractivity contribution in [3.05, 3.63) is 17.7 Å². The minimum absolute atomic E-state index is 0.609. The van der Waals surface area contributed by atoms with Crippen LogP contribution in [0, 0.1) is 6.92 Å². The summed E-state index contributed by atoms with van der Waals surface area (Å²) >= 11 is 1.88. The molecule has 8 nitrogen and oxygen atoms in total.